The normalized spacial score (nSPS) is 18.4. The molecule has 3 heterocycles. The third-order valence-corrected chi connectivity index (χ3v) is 9.58. The molecule has 0 spiro atoms. The molecule has 52 heavy (non-hydrogen) atoms. The molecule has 0 unspecified atom stereocenters. The van der Waals surface area contributed by atoms with Crippen LogP contribution in [0.5, 0.6) is 5.75 Å². The third-order valence-electron chi connectivity index (χ3n) is 9.58. The smallest absolute Gasteiger partial charge is 0.409 e. The first kappa shape index (κ1) is 38.3. The average Bonchev–Trinajstić information content (AvgIpc) is 3.84. The Balaban J connectivity index is 1.33. The number of nitrogens with one attached hydrogen (secondary N) is 2. The molecule has 1 aliphatic carbocycles. The minimum atomic E-state index is -1.09. The van der Waals surface area contributed by atoms with Crippen molar-refractivity contribution in [3.63, 3.8) is 0 Å². The van der Waals surface area contributed by atoms with Crippen molar-refractivity contribution in [1.82, 2.24) is 30.3 Å². The zero-order valence-electron chi connectivity index (χ0n) is 30.5. The van der Waals surface area contributed by atoms with E-state index in [0.717, 1.165) is 18.4 Å². The van der Waals surface area contributed by atoms with E-state index in [1.165, 1.54) is 11.0 Å². The van der Waals surface area contributed by atoms with Gasteiger partial charge in [0, 0.05) is 57.1 Å². The molecule has 3 fully saturated rings. The van der Waals surface area contributed by atoms with Crippen LogP contribution in [0, 0.1) is 12.8 Å². The Labute approximate surface area is 303 Å². The number of likely N-dealkylation sites (tertiary alicyclic amines) is 1. The fraction of sp³-hybridized carbons (Fsp3) is 0.595. The van der Waals surface area contributed by atoms with Crippen molar-refractivity contribution in [2.45, 2.75) is 84.4 Å². The lowest BCUT2D eigenvalue weighted by atomic mass is 10.1. The van der Waals surface area contributed by atoms with Crippen LogP contribution in [0.1, 0.15) is 75.3 Å². The molecule has 15 heteroatoms. The number of carbonyl (C=O) groups excluding carboxylic acids is 6. The molecule has 0 radical (unpaired) electrons. The van der Waals surface area contributed by atoms with Crippen LogP contribution in [-0.2, 0) is 28.7 Å². The summed E-state index contributed by atoms with van der Waals surface area (Å²) in [6.07, 6.45) is 1.94. The molecular formula is C37H50N6O9. The lowest BCUT2D eigenvalue weighted by Gasteiger charge is -2.36. The highest BCUT2D eigenvalue weighted by atomic mass is 16.6. The maximum atomic E-state index is 13.9. The number of aromatic nitrogens is 1. The molecule has 0 bridgehead atoms. The summed E-state index contributed by atoms with van der Waals surface area (Å²) in [5.41, 5.74) is 1.28. The van der Waals surface area contributed by atoms with Gasteiger partial charge in [0.1, 0.15) is 23.5 Å². The van der Waals surface area contributed by atoms with E-state index in [2.05, 4.69) is 15.6 Å². The number of benzene rings is 1. The van der Waals surface area contributed by atoms with Crippen molar-refractivity contribution in [3.8, 4) is 5.75 Å². The van der Waals surface area contributed by atoms with Gasteiger partial charge in [0.2, 0.25) is 11.8 Å². The van der Waals surface area contributed by atoms with Crippen LogP contribution in [0.25, 0.3) is 10.9 Å². The van der Waals surface area contributed by atoms with Crippen LogP contribution in [0.3, 0.4) is 0 Å². The van der Waals surface area contributed by atoms with Gasteiger partial charge in [-0.2, -0.15) is 0 Å². The van der Waals surface area contributed by atoms with Gasteiger partial charge in [-0.05, 0) is 83.4 Å². The summed E-state index contributed by atoms with van der Waals surface area (Å²) in [4.78, 5) is 87.9. The van der Waals surface area contributed by atoms with E-state index in [0.29, 0.717) is 42.8 Å². The van der Waals surface area contributed by atoms with Crippen LogP contribution < -0.4 is 15.4 Å². The van der Waals surface area contributed by atoms with Crippen LogP contribution >= 0.6 is 0 Å². The summed E-state index contributed by atoms with van der Waals surface area (Å²) in [6.45, 7) is 9.35. The Kier molecular flexibility index (Phi) is 12.9. The lowest BCUT2D eigenvalue weighted by Crippen LogP contribution is -2.56. The second-order valence-electron chi connectivity index (χ2n) is 13.5. The minimum Gasteiger partial charge on any atom is -0.480 e. The van der Waals surface area contributed by atoms with Crippen molar-refractivity contribution in [2.75, 3.05) is 52.5 Å². The molecule has 3 aliphatic rings. The SMILES string of the molecule is CCOC(=O)CC[C@H](NC(=O)c1cc(O[C@H](C)C(=O)N2CCC[C@H]2C(=O)NCC2CC2)c2ccc(C)cc2n1)C(=O)N1CCN(C(=O)OCC)CC1. The monoisotopic (exact) mass is 722 g/mol. The van der Waals surface area contributed by atoms with Crippen molar-refractivity contribution >= 4 is 46.6 Å². The number of piperazine rings is 1. The molecule has 5 rings (SSSR count). The van der Waals surface area contributed by atoms with Crippen LogP contribution in [0.15, 0.2) is 24.3 Å². The Hall–Kier alpha value is -4.95. The van der Waals surface area contributed by atoms with Gasteiger partial charge in [0.05, 0.1) is 18.7 Å². The molecule has 5 amide bonds. The van der Waals surface area contributed by atoms with Gasteiger partial charge < -0.3 is 39.5 Å². The van der Waals surface area contributed by atoms with Crippen molar-refractivity contribution in [2.24, 2.45) is 5.92 Å². The molecule has 1 aromatic heterocycles. The molecule has 3 atom stereocenters. The maximum absolute atomic E-state index is 13.9. The zero-order valence-corrected chi connectivity index (χ0v) is 30.5. The van der Waals surface area contributed by atoms with E-state index < -0.39 is 42.1 Å². The first-order valence-electron chi connectivity index (χ1n) is 18.3. The topological polar surface area (TPSA) is 177 Å². The van der Waals surface area contributed by atoms with E-state index in [4.69, 9.17) is 14.2 Å². The van der Waals surface area contributed by atoms with E-state index in [1.807, 2.05) is 13.0 Å². The summed E-state index contributed by atoms with van der Waals surface area (Å²) in [5.74, 6) is -1.31. The molecule has 1 saturated carbocycles. The van der Waals surface area contributed by atoms with Crippen molar-refractivity contribution in [3.05, 3.63) is 35.5 Å². The molecular weight excluding hydrogens is 672 g/mol. The van der Waals surface area contributed by atoms with Crippen molar-refractivity contribution in [1.29, 1.82) is 0 Å². The minimum absolute atomic E-state index is 0.0195. The number of nitrogens with zero attached hydrogens (tertiary/aromatic N) is 4. The molecule has 15 nitrogen and oxygen atoms in total. The number of esters is 1. The van der Waals surface area contributed by atoms with Gasteiger partial charge in [0.25, 0.3) is 11.8 Å². The summed E-state index contributed by atoms with van der Waals surface area (Å²) in [7, 11) is 0. The third kappa shape index (κ3) is 9.68. The number of aryl methyl sites for hydroxylation is 1. The van der Waals surface area contributed by atoms with E-state index in [-0.39, 0.29) is 75.5 Å². The zero-order chi connectivity index (χ0) is 37.4. The first-order valence-corrected chi connectivity index (χ1v) is 18.3. The second kappa shape index (κ2) is 17.5. The predicted octanol–water partition coefficient (Wildman–Crippen LogP) is 2.57. The average molecular weight is 723 g/mol. The van der Waals surface area contributed by atoms with Crippen LogP contribution in [-0.4, -0.2) is 126 Å². The van der Waals surface area contributed by atoms with Crippen molar-refractivity contribution < 1.29 is 43.0 Å². The Morgan fingerprint density at radius 2 is 1.62 bits per heavy atom. The largest absolute Gasteiger partial charge is 0.480 e. The van der Waals surface area contributed by atoms with E-state index in [9.17, 15) is 28.8 Å². The van der Waals surface area contributed by atoms with Gasteiger partial charge in [-0.3, -0.25) is 24.0 Å². The number of rotatable bonds is 14. The van der Waals surface area contributed by atoms with Gasteiger partial charge in [0.15, 0.2) is 6.10 Å². The highest BCUT2D eigenvalue weighted by Gasteiger charge is 2.38. The van der Waals surface area contributed by atoms with Gasteiger partial charge in [-0.15, -0.1) is 0 Å². The first-order chi connectivity index (χ1) is 25.0. The molecule has 2 aliphatic heterocycles. The lowest BCUT2D eigenvalue weighted by molar-refractivity contribution is -0.144. The number of ether oxygens (including phenoxy) is 3. The Bertz CT molecular complexity index is 1660. The summed E-state index contributed by atoms with van der Waals surface area (Å²) in [5, 5.41) is 6.34. The van der Waals surface area contributed by atoms with E-state index in [1.54, 1.807) is 42.7 Å². The Morgan fingerprint density at radius 1 is 0.904 bits per heavy atom. The summed E-state index contributed by atoms with van der Waals surface area (Å²) < 4.78 is 16.4. The Morgan fingerprint density at radius 3 is 2.31 bits per heavy atom. The second-order valence-corrected chi connectivity index (χ2v) is 13.5. The molecule has 2 saturated heterocycles. The number of pyridine rings is 1. The fourth-order valence-electron chi connectivity index (χ4n) is 6.51. The number of carbonyl (C=O) groups is 6. The molecule has 282 valence electrons. The quantitative estimate of drug-likeness (QED) is 0.276. The number of hydrogen-bond donors (Lipinski definition) is 2. The number of amides is 5. The number of hydrogen-bond acceptors (Lipinski definition) is 10. The maximum Gasteiger partial charge on any atom is 0.409 e. The van der Waals surface area contributed by atoms with E-state index >= 15 is 0 Å². The summed E-state index contributed by atoms with van der Waals surface area (Å²) in [6, 6.07) is 5.24. The molecule has 2 aromatic rings. The van der Waals surface area contributed by atoms with Crippen LogP contribution in [0.2, 0.25) is 0 Å². The highest BCUT2D eigenvalue weighted by molar-refractivity contribution is 6.00. The summed E-state index contributed by atoms with van der Waals surface area (Å²) >= 11 is 0. The molecule has 1 aromatic carbocycles. The van der Waals surface area contributed by atoms with Gasteiger partial charge in [-0.1, -0.05) is 6.07 Å². The van der Waals surface area contributed by atoms with Crippen LogP contribution in [0.4, 0.5) is 4.79 Å². The molecule has 2 N–H and O–H groups in total. The van der Waals surface area contributed by atoms with Gasteiger partial charge >= 0.3 is 12.1 Å². The van der Waals surface area contributed by atoms with Gasteiger partial charge in [-0.25, -0.2) is 9.78 Å². The fourth-order valence-corrected chi connectivity index (χ4v) is 6.51. The number of fused-ring (bicyclic) bond motifs is 1. The standard InChI is InChI=1S/C37H50N6O9/c1-5-50-32(44)14-13-27(36(48)41-16-18-42(19-17-41)37(49)51-6-2)40-33(45)29-21-31(26-12-9-23(3)20-28(26)39-29)52-24(4)35(47)43-15-7-8-30(43)34(46)38-22-25-10-11-25/h9,12,20-21,24-25,27,30H,5-8,10-11,13-19,22H2,1-4H3,(H,38,46)(H,40,45)/t24-,27+,30+/m1/s1. The predicted molar refractivity (Wildman–Crippen MR) is 189 cm³/mol. The highest BCUT2D eigenvalue weighted by Crippen LogP contribution is 2.30.